The van der Waals surface area contributed by atoms with Crippen molar-refractivity contribution in [1.29, 1.82) is 0 Å². The Balaban J connectivity index is 1.39. The highest BCUT2D eigenvalue weighted by Crippen LogP contribution is 2.25. The van der Waals surface area contributed by atoms with Crippen LogP contribution in [0.15, 0.2) is 78.3 Å². The number of pyridine rings is 1. The fourth-order valence-electron chi connectivity index (χ4n) is 2.88. The van der Waals surface area contributed by atoms with E-state index in [1.165, 1.54) is 41.7 Å². The predicted molar refractivity (Wildman–Crippen MR) is 126 cm³/mol. The average Bonchev–Trinajstić information content (AvgIpc) is 3.36. The summed E-state index contributed by atoms with van der Waals surface area (Å²) in [6, 6.07) is 17.2. The Labute approximate surface area is 198 Å². The largest absolute Gasteiger partial charge is 0.439 e. The Morgan fingerprint density at radius 1 is 1.03 bits per heavy atom. The molecule has 4 aromatic rings. The van der Waals surface area contributed by atoms with Crippen molar-refractivity contribution in [1.82, 2.24) is 10.3 Å². The zero-order valence-corrected chi connectivity index (χ0v) is 18.6. The second kappa shape index (κ2) is 10.2. The fraction of sp³-hybridized carbons (Fsp3) is 0.0417. The first-order valence-electron chi connectivity index (χ1n) is 9.79. The van der Waals surface area contributed by atoms with Gasteiger partial charge in [0.25, 0.3) is 11.8 Å². The number of nitrogens with zero attached hydrogens (tertiary/aromatic N) is 1. The van der Waals surface area contributed by atoms with Gasteiger partial charge in [-0.3, -0.25) is 9.59 Å². The average molecular weight is 482 g/mol. The van der Waals surface area contributed by atoms with Crippen LogP contribution in [0, 0.1) is 5.82 Å². The molecule has 0 saturated carbocycles. The van der Waals surface area contributed by atoms with E-state index in [-0.39, 0.29) is 24.2 Å². The molecule has 0 aliphatic carbocycles. The van der Waals surface area contributed by atoms with Gasteiger partial charge in [0, 0.05) is 24.4 Å². The number of carbonyl (C=O) groups excluding carboxylic acids is 2. The molecule has 33 heavy (non-hydrogen) atoms. The van der Waals surface area contributed by atoms with Gasteiger partial charge in [-0.2, -0.15) is 0 Å². The molecule has 166 valence electrons. The lowest BCUT2D eigenvalue weighted by molar-refractivity contribution is 0.0949. The summed E-state index contributed by atoms with van der Waals surface area (Å²) in [5, 5.41) is 7.67. The molecule has 4 rings (SSSR count). The van der Waals surface area contributed by atoms with Crippen LogP contribution in [0.3, 0.4) is 0 Å². The first-order chi connectivity index (χ1) is 16.0. The molecule has 2 heterocycles. The van der Waals surface area contributed by atoms with Gasteiger partial charge in [-0.1, -0.05) is 17.7 Å². The fourth-order valence-corrected chi connectivity index (χ4v) is 3.66. The second-order valence-corrected chi connectivity index (χ2v) is 8.22. The van der Waals surface area contributed by atoms with Gasteiger partial charge in [-0.05, 0) is 65.5 Å². The molecule has 0 fully saturated rings. The molecule has 2 aromatic heterocycles. The summed E-state index contributed by atoms with van der Waals surface area (Å²) in [6.45, 7) is 0.223. The number of ether oxygens (including phenoxy) is 1. The van der Waals surface area contributed by atoms with Crippen molar-refractivity contribution in [3.63, 3.8) is 0 Å². The summed E-state index contributed by atoms with van der Waals surface area (Å²) in [7, 11) is 0. The highest BCUT2D eigenvalue weighted by Gasteiger charge is 2.13. The molecule has 2 amide bonds. The number of thiophene rings is 1. The van der Waals surface area contributed by atoms with Crippen molar-refractivity contribution in [2.24, 2.45) is 0 Å². The normalized spacial score (nSPS) is 10.5. The maximum atomic E-state index is 13.0. The van der Waals surface area contributed by atoms with Crippen LogP contribution in [-0.4, -0.2) is 16.8 Å². The first kappa shape index (κ1) is 22.4. The quantitative estimate of drug-likeness (QED) is 0.344. The van der Waals surface area contributed by atoms with Gasteiger partial charge in [-0.15, -0.1) is 11.3 Å². The van der Waals surface area contributed by atoms with E-state index in [1.54, 1.807) is 48.0 Å². The van der Waals surface area contributed by atoms with Crippen LogP contribution in [0.5, 0.6) is 11.6 Å². The minimum atomic E-state index is -0.358. The Morgan fingerprint density at radius 2 is 1.85 bits per heavy atom. The molecule has 0 bridgehead atoms. The Kier molecular flexibility index (Phi) is 6.97. The number of anilines is 1. The molecular weight excluding hydrogens is 465 g/mol. The molecule has 6 nitrogen and oxygen atoms in total. The first-order valence-corrected chi connectivity index (χ1v) is 11.0. The number of nitrogens with one attached hydrogen (secondary N) is 2. The van der Waals surface area contributed by atoms with Gasteiger partial charge >= 0.3 is 0 Å². The van der Waals surface area contributed by atoms with Gasteiger partial charge in [0.2, 0.25) is 5.88 Å². The molecule has 0 aliphatic heterocycles. The van der Waals surface area contributed by atoms with E-state index in [1.807, 2.05) is 0 Å². The number of carbonyl (C=O) groups is 2. The summed E-state index contributed by atoms with van der Waals surface area (Å²) < 4.78 is 18.7. The third-order valence-corrected chi connectivity index (χ3v) is 5.71. The van der Waals surface area contributed by atoms with Crippen molar-refractivity contribution < 1.29 is 18.7 Å². The summed E-state index contributed by atoms with van der Waals surface area (Å²) in [4.78, 5) is 29.6. The minimum Gasteiger partial charge on any atom is -0.439 e. The number of aromatic nitrogens is 1. The lowest BCUT2D eigenvalue weighted by atomic mass is 10.1. The zero-order valence-electron chi connectivity index (χ0n) is 17.0. The predicted octanol–water partition coefficient (Wildman–Crippen LogP) is 5.91. The highest BCUT2D eigenvalue weighted by molar-refractivity contribution is 7.12. The smallest absolute Gasteiger partial charge is 0.265 e. The molecule has 9 heteroatoms. The van der Waals surface area contributed by atoms with E-state index in [0.29, 0.717) is 32.8 Å². The monoisotopic (exact) mass is 481 g/mol. The molecule has 0 spiro atoms. The van der Waals surface area contributed by atoms with Crippen LogP contribution in [0.25, 0.3) is 0 Å². The van der Waals surface area contributed by atoms with Crippen molar-refractivity contribution in [3.05, 3.63) is 105 Å². The van der Waals surface area contributed by atoms with Crippen molar-refractivity contribution in [2.45, 2.75) is 6.54 Å². The van der Waals surface area contributed by atoms with Gasteiger partial charge in [0.15, 0.2) is 0 Å². The summed E-state index contributed by atoms with van der Waals surface area (Å²) in [5.74, 6) is -0.226. The van der Waals surface area contributed by atoms with Crippen molar-refractivity contribution in [3.8, 4) is 11.6 Å². The number of benzene rings is 2. The number of amides is 2. The summed E-state index contributed by atoms with van der Waals surface area (Å²) in [5.41, 5.74) is 1.45. The third kappa shape index (κ3) is 5.94. The van der Waals surface area contributed by atoms with Crippen LogP contribution >= 0.6 is 22.9 Å². The Morgan fingerprint density at radius 3 is 2.61 bits per heavy atom. The van der Waals surface area contributed by atoms with Gasteiger partial charge in [0.05, 0.1) is 15.6 Å². The van der Waals surface area contributed by atoms with Crippen LogP contribution in [-0.2, 0) is 6.54 Å². The Bertz CT molecular complexity index is 1280. The number of hydrogen-bond donors (Lipinski definition) is 2. The van der Waals surface area contributed by atoms with E-state index in [4.69, 9.17) is 16.3 Å². The topological polar surface area (TPSA) is 80.3 Å². The molecule has 0 atom stereocenters. The van der Waals surface area contributed by atoms with Gasteiger partial charge in [-0.25, -0.2) is 9.37 Å². The van der Waals surface area contributed by atoms with Crippen LogP contribution < -0.4 is 15.4 Å². The molecule has 0 aliphatic rings. The lowest BCUT2D eigenvalue weighted by Gasteiger charge is -2.10. The van der Waals surface area contributed by atoms with Crippen molar-refractivity contribution in [2.75, 3.05) is 5.32 Å². The molecule has 2 aromatic carbocycles. The summed E-state index contributed by atoms with van der Waals surface area (Å²) in [6.07, 6.45) is 1.56. The van der Waals surface area contributed by atoms with E-state index in [0.717, 1.165) is 5.56 Å². The molecule has 2 N–H and O–H groups in total. The number of halogens is 2. The van der Waals surface area contributed by atoms with Gasteiger partial charge in [0.1, 0.15) is 11.6 Å². The van der Waals surface area contributed by atoms with Crippen LogP contribution in [0.2, 0.25) is 5.02 Å². The maximum absolute atomic E-state index is 13.0. The zero-order chi connectivity index (χ0) is 23.2. The van der Waals surface area contributed by atoms with Crippen LogP contribution in [0.1, 0.15) is 25.6 Å². The van der Waals surface area contributed by atoms with Crippen molar-refractivity contribution >= 4 is 40.4 Å². The van der Waals surface area contributed by atoms with E-state index in [9.17, 15) is 14.0 Å². The van der Waals surface area contributed by atoms with Gasteiger partial charge < -0.3 is 15.4 Å². The third-order valence-electron chi connectivity index (χ3n) is 4.51. The highest BCUT2D eigenvalue weighted by atomic mass is 35.5. The van der Waals surface area contributed by atoms with E-state index < -0.39 is 0 Å². The maximum Gasteiger partial charge on any atom is 0.265 e. The molecule has 0 radical (unpaired) electrons. The summed E-state index contributed by atoms with van der Waals surface area (Å²) >= 11 is 7.50. The Hall–Kier alpha value is -3.75. The number of rotatable bonds is 7. The second-order valence-electron chi connectivity index (χ2n) is 6.87. The lowest BCUT2D eigenvalue weighted by Crippen LogP contribution is -2.23. The molecule has 0 unspecified atom stereocenters. The number of hydrogen-bond acceptors (Lipinski definition) is 5. The van der Waals surface area contributed by atoms with Crippen LogP contribution in [0.4, 0.5) is 10.1 Å². The molecule has 0 saturated heterocycles. The van der Waals surface area contributed by atoms with E-state index >= 15 is 0 Å². The standard InChI is InChI=1S/C24H17ClFN3O3S/c25-19-8-3-16(13-20(19)29-24(31)21-2-1-11-33-21)23(30)28-14-15-9-10-27-22(12-15)32-18-6-4-17(26)5-7-18/h1-13H,14H2,(H,28,30)(H,29,31). The SMILES string of the molecule is O=C(NCc1ccnc(Oc2ccc(F)cc2)c1)c1ccc(Cl)c(NC(=O)c2cccs2)c1. The van der Waals surface area contributed by atoms with E-state index in [2.05, 4.69) is 15.6 Å². The molecular formula is C24H17ClFN3O3S. The minimum absolute atomic E-state index is 0.223.